The Morgan fingerprint density at radius 2 is 2.38 bits per heavy atom. The van der Waals surface area contributed by atoms with Gasteiger partial charge >= 0.3 is 0 Å². The van der Waals surface area contributed by atoms with Crippen LogP contribution in [0.4, 0.5) is 0 Å². The van der Waals surface area contributed by atoms with Crippen molar-refractivity contribution in [3.63, 3.8) is 0 Å². The Labute approximate surface area is 95.3 Å². The maximum atomic E-state index is 7.53. The van der Waals surface area contributed by atoms with Gasteiger partial charge in [0.05, 0.1) is 12.2 Å². The van der Waals surface area contributed by atoms with E-state index in [-0.39, 0.29) is 5.84 Å². The number of pyridine rings is 1. The first-order valence-electron chi connectivity index (χ1n) is 5.72. The van der Waals surface area contributed by atoms with E-state index in [4.69, 9.17) is 15.9 Å². The number of hydrogen-bond donors (Lipinski definition) is 2. The van der Waals surface area contributed by atoms with Crippen LogP contribution in [0, 0.1) is 5.41 Å². The zero-order valence-electron chi connectivity index (χ0n) is 9.55. The fourth-order valence-corrected chi connectivity index (χ4v) is 1.95. The summed E-state index contributed by atoms with van der Waals surface area (Å²) in [6.07, 6.45) is 4.11. The van der Waals surface area contributed by atoms with Gasteiger partial charge in [-0.15, -0.1) is 0 Å². The maximum Gasteiger partial charge on any atom is 0.224 e. The number of rotatable bonds is 4. The summed E-state index contributed by atoms with van der Waals surface area (Å²) in [4.78, 5) is 4.47. The molecule has 86 valence electrons. The Morgan fingerprint density at radius 3 is 3.06 bits per heavy atom. The van der Waals surface area contributed by atoms with Crippen molar-refractivity contribution in [3.05, 3.63) is 22.9 Å². The number of nitrogens with zero attached hydrogens (tertiary/aromatic N) is 1. The smallest absolute Gasteiger partial charge is 0.224 e. The van der Waals surface area contributed by atoms with Gasteiger partial charge in [-0.25, -0.2) is 4.98 Å². The van der Waals surface area contributed by atoms with Crippen molar-refractivity contribution in [2.45, 2.75) is 32.6 Å². The molecule has 0 fully saturated rings. The number of nitrogens with two attached hydrogens (primary N) is 1. The van der Waals surface area contributed by atoms with Gasteiger partial charge in [-0.2, -0.15) is 0 Å². The van der Waals surface area contributed by atoms with Crippen LogP contribution in [0.25, 0.3) is 0 Å². The second-order valence-corrected chi connectivity index (χ2v) is 4.06. The Morgan fingerprint density at radius 1 is 1.56 bits per heavy atom. The number of aromatic nitrogens is 1. The lowest BCUT2D eigenvalue weighted by Gasteiger charge is -2.11. The molecule has 3 N–H and O–H groups in total. The van der Waals surface area contributed by atoms with Crippen LogP contribution < -0.4 is 10.5 Å². The standard InChI is InChI=1S/C12H17N3O/c1-2-6-16-12-9(11(13)14)7-8-4-3-5-10(8)15-12/h7H,2-6H2,1H3,(H3,13,14). The quantitative estimate of drug-likeness (QED) is 0.597. The molecule has 2 rings (SSSR count). The van der Waals surface area contributed by atoms with E-state index in [0.29, 0.717) is 18.1 Å². The number of hydrogen-bond acceptors (Lipinski definition) is 3. The van der Waals surface area contributed by atoms with E-state index in [1.807, 2.05) is 13.0 Å². The summed E-state index contributed by atoms with van der Waals surface area (Å²) in [5.41, 5.74) is 8.50. The average molecular weight is 219 g/mol. The molecule has 0 radical (unpaired) electrons. The fraction of sp³-hybridized carbons (Fsp3) is 0.500. The van der Waals surface area contributed by atoms with Gasteiger partial charge in [0.25, 0.3) is 0 Å². The van der Waals surface area contributed by atoms with Crippen molar-refractivity contribution in [2.24, 2.45) is 5.73 Å². The predicted octanol–water partition coefficient (Wildman–Crippen LogP) is 1.64. The van der Waals surface area contributed by atoms with Crippen molar-refractivity contribution < 1.29 is 4.74 Å². The predicted molar refractivity (Wildman–Crippen MR) is 63.1 cm³/mol. The summed E-state index contributed by atoms with van der Waals surface area (Å²) < 4.78 is 5.54. The van der Waals surface area contributed by atoms with E-state index in [1.165, 1.54) is 5.56 Å². The highest BCUT2D eigenvalue weighted by molar-refractivity contribution is 5.97. The summed E-state index contributed by atoms with van der Waals surface area (Å²) in [7, 11) is 0. The minimum atomic E-state index is 0.0355. The van der Waals surface area contributed by atoms with Crippen LogP contribution in [-0.4, -0.2) is 17.4 Å². The topological polar surface area (TPSA) is 72.0 Å². The van der Waals surface area contributed by atoms with Crippen molar-refractivity contribution in [3.8, 4) is 5.88 Å². The first kappa shape index (κ1) is 10.9. The molecule has 4 nitrogen and oxygen atoms in total. The summed E-state index contributed by atoms with van der Waals surface area (Å²) in [6.45, 7) is 2.66. The van der Waals surface area contributed by atoms with E-state index in [0.717, 1.165) is 31.4 Å². The number of amidine groups is 1. The van der Waals surface area contributed by atoms with E-state index in [1.54, 1.807) is 0 Å². The molecule has 1 aliphatic carbocycles. The lowest BCUT2D eigenvalue weighted by atomic mass is 10.1. The van der Waals surface area contributed by atoms with Crippen LogP contribution in [0.15, 0.2) is 6.07 Å². The van der Waals surface area contributed by atoms with Gasteiger partial charge in [0.2, 0.25) is 5.88 Å². The second kappa shape index (κ2) is 4.51. The molecule has 0 spiro atoms. The molecule has 0 atom stereocenters. The lowest BCUT2D eigenvalue weighted by Crippen LogP contribution is -2.15. The van der Waals surface area contributed by atoms with Gasteiger partial charge in [-0.05, 0) is 37.3 Å². The third-order valence-corrected chi connectivity index (χ3v) is 2.75. The minimum Gasteiger partial charge on any atom is -0.477 e. The first-order valence-corrected chi connectivity index (χ1v) is 5.72. The van der Waals surface area contributed by atoms with Gasteiger partial charge in [0.1, 0.15) is 5.84 Å². The molecule has 4 heteroatoms. The van der Waals surface area contributed by atoms with Crippen LogP contribution >= 0.6 is 0 Å². The van der Waals surface area contributed by atoms with Gasteiger partial charge in [-0.3, -0.25) is 5.41 Å². The van der Waals surface area contributed by atoms with E-state index in [2.05, 4.69) is 4.98 Å². The minimum absolute atomic E-state index is 0.0355. The molecule has 0 saturated carbocycles. The number of nitrogens with one attached hydrogen (secondary N) is 1. The van der Waals surface area contributed by atoms with Crippen molar-refractivity contribution in [1.82, 2.24) is 4.98 Å². The Hall–Kier alpha value is -1.58. The average Bonchev–Trinajstić information content (AvgIpc) is 2.71. The molecule has 1 aliphatic rings. The number of nitrogen functional groups attached to an aromatic ring is 1. The maximum absolute atomic E-state index is 7.53. The molecule has 0 saturated heterocycles. The molecule has 1 heterocycles. The Kier molecular flexibility index (Phi) is 3.08. The largest absolute Gasteiger partial charge is 0.477 e. The zero-order valence-corrected chi connectivity index (χ0v) is 9.55. The van der Waals surface area contributed by atoms with Gasteiger partial charge in [0, 0.05) is 5.69 Å². The molecule has 0 amide bonds. The second-order valence-electron chi connectivity index (χ2n) is 4.06. The molecule has 1 aromatic rings. The van der Waals surface area contributed by atoms with Gasteiger partial charge in [0.15, 0.2) is 0 Å². The summed E-state index contributed by atoms with van der Waals surface area (Å²) in [5, 5.41) is 7.53. The molecule has 0 aliphatic heterocycles. The normalized spacial score (nSPS) is 13.6. The van der Waals surface area contributed by atoms with Crippen LogP contribution in [0.1, 0.15) is 36.6 Å². The molecule has 16 heavy (non-hydrogen) atoms. The monoisotopic (exact) mass is 219 g/mol. The van der Waals surface area contributed by atoms with Crippen molar-refractivity contribution in [2.75, 3.05) is 6.61 Å². The Bertz CT molecular complexity index is 415. The third-order valence-electron chi connectivity index (χ3n) is 2.75. The fourth-order valence-electron chi connectivity index (χ4n) is 1.95. The lowest BCUT2D eigenvalue weighted by molar-refractivity contribution is 0.304. The third kappa shape index (κ3) is 2.01. The zero-order chi connectivity index (χ0) is 11.5. The SMILES string of the molecule is CCCOc1nc2c(cc1C(=N)N)CCC2. The van der Waals surface area contributed by atoms with E-state index < -0.39 is 0 Å². The van der Waals surface area contributed by atoms with Crippen molar-refractivity contribution >= 4 is 5.84 Å². The first-order chi connectivity index (χ1) is 7.72. The molecular weight excluding hydrogens is 202 g/mol. The van der Waals surface area contributed by atoms with E-state index >= 15 is 0 Å². The Balaban J connectivity index is 2.36. The highest BCUT2D eigenvalue weighted by atomic mass is 16.5. The molecule has 0 aromatic carbocycles. The van der Waals surface area contributed by atoms with Gasteiger partial charge in [-0.1, -0.05) is 6.92 Å². The molecule has 0 unspecified atom stereocenters. The van der Waals surface area contributed by atoms with E-state index in [9.17, 15) is 0 Å². The number of aryl methyl sites for hydroxylation is 2. The van der Waals surface area contributed by atoms with Crippen molar-refractivity contribution in [1.29, 1.82) is 5.41 Å². The van der Waals surface area contributed by atoms with Crippen LogP contribution in [0.2, 0.25) is 0 Å². The van der Waals surface area contributed by atoms with Crippen LogP contribution in [0.3, 0.4) is 0 Å². The van der Waals surface area contributed by atoms with Gasteiger partial charge < -0.3 is 10.5 Å². The highest BCUT2D eigenvalue weighted by Gasteiger charge is 2.18. The number of ether oxygens (including phenoxy) is 1. The summed E-state index contributed by atoms with van der Waals surface area (Å²) in [6, 6.07) is 1.96. The molecular formula is C12H17N3O. The molecule has 1 aromatic heterocycles. The van der Waals surface area contributed by atoms with Crippen LogP contribution in [-0.2, 0) is 12.8 Å². The highest BCUT2D eigenvalue weighted by Crippen LogP contribution is 2.26. The molecule has 0 bridgehead atoms. The van der Waals surface area contributed by atoms with Crippen LogP contribution in [0.5, 0.6) is 5.88 Å². The summed E-state index contributed by atoms with van der Waals surface area (Å²) >= 11 is 0. The summed E-state index contributed by atoms with van der Waals surface area (Å²) in [5.74, 6) is 0.559. The number of fused-ring (bicyclic) bond motifs is 1.